The number of methoxy groups -OCH3 is 1. The van der Waals surface area contributed by atoms with Gasteiger partial charge in [0.05, 0.1) is 17.7 Å². The van der Waals surface area contributed by atoms with Gasteiger partial charge in [0.25, 0.3) is 0 Å². The van der Waals surface area contributed by atoms with E-state index < -0.39 is 29.0 Å². The number of amides is 1. The van der Waals surface area contributed by atoms with Gasteiger partial charge in [-0.1, -0.05) is 48.6 Å². The van der Waals surface area contributed by atoms with E-state index in [1.165, 1.54) is 25.3 Å². The lowest BCUT2D eigenvalue weighted by Crippen LogP contribution is -2.49. The van der Waals surface area contributed by atoms with Gasteiger partial charge in [0, 0.05) is 7.11 Å². The second-order valence-electron chi connectivity index (χ2n) is 9.16. The highest BCUT2D eigenvalue weighted by molar-refractivity contribution is 5.70. The van der Waals surface area contributed by atoms with Gasteiger partial charge in [0.2, 0.25) is 0 Å². The van der Waals surface area contributed by atoms with E-state index in [1.54, 1.807) is 58.0 Å². The van der Waals surface area contributed by atoms with Gasteiger partial charge in [-0.05, 0) is 51.0 Å². The first-order chi connectivity index (χ1) is 16.3. The van der Waals surface area contributed by atoms with Crippen LogP contribution in [0.4, 0.5) is 18.0 Å². The average molecular weight is 496 g/mol. The van der Waals surface area contributed by atoms with Crippen LogP contribution in [0.5, 0.6) is 5.75 Å². The molecule has 0 bridgehead atoms. The molecule has 1 N–H and O–H groups in total. The standard InChI is InChI=1S/C26H32F3NO5/c1-24(2,3)35-23(31)30-25(4,17-33-18-32-5)14-13-19-11-12-22(21(15-19)26(27,28)29)34-16-20-9-7-6-8-10-20/h6-15H,16-18H2,1-5H3,(H,30,31). The second-order valence-corrected chi connectivity index (χ2v) is 9.16. The molecule has 2 aromatic rings. The third-order valence-electron chi connectivity index (χ3n) is 4.58. The van der Waals surface area contributed by atoms with Gasteiger partial charge in [0.15, 0.2) is 0 Å². The van der Waals surface area contributed by atoms with Crippen LogP contribution in [-0.2, 0) is 27.0 Å². The molecule has 0 spiro atoms. The summed E-state index contributed by atoms with van der Waals surface area (Å²) in [6.45, 7) is 6.81. The van der Waals surface area contributed by atoms with E-state index in [-0.39, 0.29) is 31.3 Å². The molecule has 1 amide bonds. The topological polar surface area (TPSA) is 66.0 Å². The van der Waals surface area contributed by atoms with Gasteiger partial charge in [-0.3, -0.25) is 0 Å². The summed E-state index contributed by atoms with van der Waals surface area (Å²) in [6, 6.07) is 12.7. The van der Waals surface area contributed by atoms with Crippen LogP contribution in [-0.4, -0.2) is 37.7 Å². The lowest BCUT2D eigenvalue weighted by Gasteiger charge is -2.29. The lowest BCUT2D eigenvalue weighted by molar-refractivity contribution is -0.139. The van der Waals surface area contributed by atoms with E-state index in [0.29, 0.717) is 0 Å². The zero-order valence-electron chi connectivity index (χ0n) is 20.6. The highest BCUT2D eigenvalue weighted by atomic mass is 19.4. The molecule has 0 saturated carbocycles. The Labute approximate surface area is 204 Å². The molecule has 0 aliphatic rings. The van der Waals surface area contributed by atoms with E-state index in [1.807, 2.05) is 6.07 Å². The minimum atomic E-state index is -4.62. The maximum Gasteiger partial charge on any atom is 0.419 e. The lowest BCUT2D eigenvalue weighted by atomic mass is 10.0. The zero-order chi connectivity index (χ0) is 26.1. The molecule has 1 unspecified atom stereocenters. The fourth-order valence-electron chi connectivity index (χ4n) is 3.01. The number of carbonyl (C=O) groups is 1. The summed E-state index contributed by atoms with van der Waals surface area (Å²) < 4.78 is 62.3. The van der Waals surface area contributed by atoms with E-state index in [0.717, 1.165) is 11.6 Å². The van der Waals surface area contributed by atoms with Crippen molar-refractivity contribution < 1.29 is 36.9 Å². The number of alkyl halides is 3. The summed E-state index contributed by atoms with van der Waals surface area (Å²) >= 11 is 0. The van der Waals surface area contributed by atoms with Crippen LogP contribution in [0.1, 0.15) is 44.4 Å². The number of hydrogen-bond acceptors (Lipinski definition) is 5. The summed E-state index contributed by atoms with van der Waals surface area (Å²) in [4.78, 5) is 12.3. The summed E-state index contributed by atoms with van der Waals surface area (Å²) in [6.07, 6.45) is -2.28. The Morgan fingerprint density at radius 3 is 2.31 bits per heavy atom. The SMILES string of the molecule is COCOCC(C)(C=Cc1ccc(OCc2ccccc2)c(C(F)(F)F)c1)NC(=O)OC(C)(C)C. The van der Waals surface area contributed by atoms with Crippen molar-refractivity contribution in [2.75, 3.05) is 20.5 Å². The van der Waals surface area contributed by atoms with Gasteiger partial charge >= 0.3 is 12.3 Å². The number of nitrogens with one attached hydrogen (secondary N) is 1. The summed E-state index contributed by atoms with van der Waals surface area (Å²) in [7, 11) is 1.45. The van der Waals surface area contributed by atoms with Crippen molar-refractivity contribution in [3.8, 4) is 5.75 Å². The van der Waals surface area contributed by atoms with Crippen molar-refractivity contribution in [2.45, 2.75) is 51.6 Å². The van der Waals surface area contributed by atoms with E-state index in [4.69, 9.17) is 18.9 Å². The molecule has 0 aliphatic carbocycles. The Kier molecular flexibility index (Phi) is 9.73. The van der Waals surface area contributed by atoms with E-state index in [2.05, 4.69) is 5.32 Å². The number of benzene rings is 2. The zero-order valence-corrected chi connectivity index (χ0v) is 20.6. The van der Waals surface area contributed by atoms with Crippen LogP contribution >= 0.6 is 0 Å². The first-order valence-electron chi connectivity index (χ1n) is 11.0. The molecule has 0 aromatic heterocycles. The highest BCUT2D eigenvalue weighted by Gasteiger charge is 2.35. The van der Waals surface area contributed by atoms with Crippen molar-refractivity contribution in [3.05, 3.63) is 71.3 Å². The predicted molar refractivity (Wildman–Crippen MR) is 127 cm³/mol. The van der Waals surface area contributed by atoms with Gasteiger partial charge in [-0.2, -0.15) is 13.2 Å². The Hall–Kier alpha value is -3.04. The molecule has 0 fully saturated rings. The minimum absolute atomic E-state index is 0.000973. The number of alkyl carbamates (subject to hydrolysis) is 1. The largest absolute Gasteiger partial charge is 0.488 e. The molecule has 192 valence electrons. The Morgan fingerprint density at radius 2 is 1.71 bits per heavy atom. The Balaban J connectivity index is 2.26. The molecule has 0 saturated heterocycles. The maximum atomic E-state index is 13.8. The fraction of sp³-hybridized carbons (Fsp3) is 0.423. The molecular weight excluding hydrogens is 463 g/mol. The van der Waals surface area contributed by atoms with Crippen LogP contribution in [0.25, 0.3) is 6.08 Å². The third kappa shape index (κ3) is 10.00. The first-order valence-corrected chi connectivity index (χ1v) is 11.0. The van der Waals surface area contributed by atoms with Crippen molar-refractivity contribution in [1.82, 2.24) is 5.32 Å². The highest BCUT2D eigenvalue weighted by Crippen LogP contribution is 2.37. The van der Waals surface area contributed by atoms with Crippen LogP contribution in [0.2, 0.25) is 0 Å². The molecule has 9 heteroatoms. The predicted octanol–water partition coefficient (Wildman–Crippen LogP) is 6.20. The molecule has 2 aromatic carbocycles. The summed E-state index contributed by atoms with van der Waals surface area (Å²) in [5.74, 6) is -0.267. The second kappa shape index (κ2) is 12.1. The summed E-state index contributed by atoms with van der Waals surface area (Å²) in [5.41, 5.74) is -1.67. The smallest absolute Gasteiger partial charge is 0.419 e. The first kappa shape index (κ1) is 28.2. The maximum absolute atomic E-state index is 13.8. The average Bonchev–Trinajstić information content (AvgIpc) is 2.75. The van der Waals surface area contributed by atoms with Crippen LogP contribution in [0.3, 0.4) is 0 Å². The van der Waals surface area contributed by atoms with Crippen LogP contribution in [0.15, 0.2) is 54.6 Å². The number of halogens is 3. The molecule has 2 rings (SSSR count). The minimum Gasteiger partial charge on any atom is -0.488 e. The molecular formula is C26H32F3NO5. The number of ether oxygens (including phenoxy) is 4. The van der Waals surface area contributed by atoms with Crippen LogP contribution in [0, 0.1) is 0 Å². The van der Waals surface area contributed by atoms with Gasteiger partial charge in [-0.15, -0.1) is 0 Å². The van der Waals surface area contributed by atoms with Gasteiger partial charge < -0.3 is 24.3 Å². The Morgan fingerprint density at radius 1 is 1.03 bits per heavy atom. The molecule has 35 heavy (non-hydrogen) atoms. The Bertz CT molecular complexity index is 987. The fourth-order valence-corrected chi connectivity index (χ4v) is 3.01. The normalized spacial score (nSPS) is 13.9. The number of rotatable bonds is 10. The monoisotopic (exact) mass is 495 g/mol. The van der Waals surface area contributed by atoms with Crippen molar-refractivity contribution >= 4 is 12.2 Å². The van der Waals surface area contributed by atoms with Crippen LogP contribution < -0.4 is 10.1 Å². The van der Waals surface area contributed by atoms with Crippen molar-refractivity contribution in [1.29, 1.82) is 0 Å². The number of carbonyl (C=O) groups excluding carboxylic acids is 1. The molecule has 6 nitrogen and oxygen atoms in total. The van der Waals surface area contributed by atoms with E-state index in [9.17, 15) is 18.0 Å². The molecule has 0 aliphatic heterocycles. The third-order valence-corrected chi connectivity index (χ3v) is 4.58. The van der Waals surface area contributed by atoms with Gasteiger partial charge in [-0.25, -0.2) is 4.79 Å². The molecule has 0 heterocycles. The number of hydrogen-bond donors (Lipinski definition) is 1. The molecule has 1 atom stereocenters. The van der Waals surface area contributed by atoms with Gasteiger partial charge in [0.1, 0.15) is 24.8 Å². The summed E-state index contributed by atoms with van der Waals surface area (Å²) in [5, 5.41) is 2.70. The van der Waals surface area contributed by atoms with E-state index >= 15 is 0 Å². The molecule has 0 radical (unpaired) electrons. The van der Waals surface area contributed by atoms with Crippen molar-refractivity contribution in [3.63, 3.8) is 0 Å². The van der Waals surface area contributed by atoms with Crippen molar-refractivity contribution in [2.24, 2.45) is 0 Å². The quantitative estimate of drug-likeness (QED) is 0.314.